The van der Waals surface area contributed by atoms with Crippen molar-refractivity contribution in [2.24, 2.45) is 0 Å². The molecule has 2 aromatic carbocycles. The molecular weight excluding hydrogens is 316 g/mol. The summed E-state index contributed by atoms with van der Waals surface area (Å²) >= 11 is 0. The Bertz CT molecular complexity index is 667. The summed E-state index contributed by atoms with van der Waals surface area (Å²) in [5.41, 5.74) is 2.48. The zero-order valence-corrected chi connectivity index (χ0v) is 15.1. The summed E-state index contributed by atoms with van der Waals surface area (Å²) < 4.78 is 10.5. The van der Waals surface area contributed by atoms with Crippen LogP contribution in [0.3, 0.4) is 0 Å². The molecular formula is C20H26N2O3. The lowest BCUT2D eigenvalue weighted by atomic mass is 10.2. The molecule has 0 saturated heterocycles. The average Bonchev–Trinajstić information content (AvgIpc) is 2.64. The van der Waals surface area contributed by atoms with Gasteiger partial charge >= 0.3 is 0 Å². The lowest BCUT2D eigenvalue weighted by Gasteiger charge is -2.21. The molecule has 0 bridgehead atoms. The van der Waals surface area contributed by atoms with Gasteiger partial charge in [-0.05, 0) is 56.3 Å². The highest BCUT2D eigenvalue weighted by molar-refractivity contribution is 6.04. The van der Waals surface area contributed by atoms with E-state index in [-0.39, 0.29) is 5.91 Å². The molecule has 0 aromatic heterocycles. The van der Waals surface area contributed by atoms with E-state index in [0.717, 1.165) is 24.5 Å². The van der Waals surface area contributed by atoms with Crippen LogP contribution in [0.4, 0.5) is 11.4 Å². The van der Waals surface area contributed by atoms with Gasteiger partial charge in [0.1, 0.15) is 12.4 Å². The minimum Gasteiger partial charge on any atom is -0.491 e. The van der Waals surface area contributed by atoms with Gasteiger partial charge in [0.2, 0.25) is 0 Å². The van der Waals surface area contributed by atoms with Crippen molar-refractivity contribution in [1.82, 2.24) is 0 Å². The smallest absolute Gasteiger partial charge is 0.255 e. The molecule has 0 unspecified atom stereocenters. The first-order valence-electron chi connectivity index (χ1n) is 8.56. The lowest BCUT2D eigenvalue weighted by molar-refractivity contribution is 0.102. The highest BCUT2D eigenvalue weighted by atomic mass is 16.5. The number of nitrogens with zero attached hydrogens (tertiary/aromatic N) is 1. The number of benzene rings is 2. The van der Waals surface area contributed by atoms with E-state index >= 15 is 0 Å². The van der Waals surface area contributed by atoms with Gasteiger partial charge < -0.3 is 19.7 Å². The van der Waals surface area contributed by atoms with Crippen molar-refractivity contribution in [3.05, 3.63) is 54.1 Å². The number of methoxy groups -OCH3 is 1. The summed E-state index contributed by atoms with van der Waals surface area (Å²) in [5, 5.41) is 2.92. The molecule has 0 radical (unpaired) electrons. The number of rotatable bonds is 9. The molecule has 2 aromatic rings. The maximum absolute atomic E-state index is 12.4. The summed E-state index contributed by atoms with van der Waals surface area (Å²) in [5.74, 6) is 0.495. The third kappa shape index (κ3) is 5.50. The molecule has 2 rings (SSSR count). The fraction of sp³-hybridized carbons (Fsp3) is 0.350. The van der Waals surface area contributed by atoms with Gasteiger partial charge in [-0.1, -0.05) is 6.07 Å². The minimum absolute atomic E-state index is 0.159. The average molecular weight is 342 g/mol. The van der Waals surface area contributed by atoms with E-state index in [1.54, 1.807) is 25.3 Å². The van der Waals surface area contributed by atoms with Gasteiger partial charge in [0.15, 0.2) is 0 Å². The quantitative estimate of drug-likeness (QED) is 0.704. The minimum atomic E-state index is -0.159. The number of hydrogen-bond acceptors (Lipinski definition) is 4. The standard InChI is InChI=1S/C20H26N2O3/c1-4-22(5-2)18-11-9-17(10-12-18)21-20(23)16-7-6-8-19(15-16)25-14-13-24-3/h6-12,15H,4-5,13-14H2,1-3H3,(H,21,23). The molecule has 25 heavy (non-hydrogen) atoms. The number of carbonyl (C=O) groups excluding carboxylic acids is 1. The van der Waals surface area contributed by atoms with E-state index in [1.807, 2.05) is 30.3 Å². The Labute approximate surface area is 149 Å². The van der Waals surface area contributed by atoms with E-state index in [9.17, 15) is 4.79 Å². The van der Waals surface area contributed by atoms with Gasteiger partial charge in [0.05, 0.1) is 6.61 Å². The van der Waals surface area contributed by atoms with E-state index in [4.69, 9.17) is 9.47 Å². The summed E-state index contributed by atoms with van der Waals surface area (Å²) in [4.78, 5) is 14.7. The van der Waals surface area contributed by atoms with E-state index in [0.29, 0.717) is 24.5 Å². The van der Waals surface area contributed by atoms with Gasteiger partial charge in [-0.25, -0.2) is 0 Å². The molecule has 134 valence electrons. The molecule has 0 atom stereocenters. The second kappa shape index (κ2) is 9.69. The number of ether oxygens (including phenoxy) is 2. The number of hydrogen-bond donors (Lipinski definition) is 1. The third-order valence-electron chi connectivity index (χ3n) is 3.91. The Morgan fingerprint density at radius 2 is 1.76 bits per heavy atom. The first kappa shape index (κ1) is 18.8. The Hall–Kier alpha value is -2.53. The summed E-state index contributed by atoms with van der Waals surface area (Å²) in [7, 11) is 1.62. The third-order valence-corrected chi connectivity index (χ3v) is 3.91. The molecule has 0 spiro atoms. The molecule has 0 aliphatic rings. The number of amides is 1. The van der Waals surface area contributed by atoms with Crippen LogP contribution >= 0.6 is 0 Å². The van der Waals surface area contributed by atoms with Crippen molar-refractivity contribution >= 4 is 17.3 Å². The van der Waals surface area contributed by atoms with Crippen molar-refractivity contribution < 1.29 is 14.3 Å². The first-order valence-corrected chi connectivity index (χ1v) is 8.56. The van der Waals surface area contributed by atoms with Crippen LogP contribution in [0.1, 0.15) is 24.2 Å². The van der Waals surface area contributed by atoms with E-state index in [1.165, 1.54) is 0 Å². The fourth-order valence-electron chi connectivity index (χ4n) is 2.52. The van der Waals surface area contributed by atoms with Gasteiger partial charge in [0.25, 0.3) is 5.91 Å². The molecule has 1 amide bonds. The van der Waals surface area contributed by atoms with Crippen LogP contribution in [-0.4, -0.2) is 39.3 Å². The maximum atomic E-state index is 12.4. The highest BCUT2D eigenvalue weighted by Crippen LogP contribution is 2.19. The van der Waals surface area contributed by atoms with Crippen LogP contribution in [-0.2, 0) is 4.74 Å². The number of carbonyl (C=O) groups is 1. The molecule has 0 aliphatic carbocycles. The molecule has 0 saturated carbocycles. The normalized spacial score (nSPS) is 10.4. The van der Waals surface area contributed by atoms with Gasteiger partial charge in [-0.15, -0.1) is 0 Å². The van der Waals surface area contributed by atoms with Crippen molar-refractivity contribution in [2.45, 2.75) is 13.8 Å². The Balaban J connectivity index is 2.00. The fourth-order valence-corrected chi connectivity index (χ4v) is 2.52. The predicted molar refractivity (Wildman–Crippen MR) is 102 cm³/mol. The summed E-state index contributed by atoms with van der Waals surface area (Å²) in [6, 6.07) is 15.0. The van der Waals surface area contributed by atoms with Crippen molar-refractivity contribution in [1.29, 1.82) is 0 Å². The SMILES string of the molecule is CCN(CC)c1ccc(NC(=O)c2cccc(OCCOC)c2)cc1. The molecule has 5 nitrogen and oxygen atoms in total. The predicted octanol–water partition coefficient (Wildman–Crippen LogP) is 3.81. The topological polar surface area (TPSA) is 50.8 Å². The second-order valence-corrected chi connectivity index (χ2v) is 5.54. The Kier molecular flexibility index (Phi) is 7.29. The highest BCUT2D eigenvalue weighted by Gasteiger charge is 2.08. The summed E-state index contributed by atoms with van der Waals surface area (Å²) in [6.45, 7) is 7.13. The van der Waals surface area contributed by atoms with Crippen molar-refractivity contribution in [3.8, 4) is 5.75 Å². The largest absolute Gasteiger partial charge is 0.491 e. The Morgan fingerprint density at radius 1 is 1.04 bits per heavy atom. The van der Waals surface area contributed by atoms with Crippen LogP contribution in [0.25, 0.3) is 0 Å². The Morgan fingerprint density at radius 3 is 2.40 bits per heavy atom. The van der Waals surface area contributed by atoms with Crippen molar-refractivity contribution in [2.75, 3.05) is 43.6 Å². The molecule has 0 fully saturated rings. The zero-order valence-electron chi connectivity index (χ0n) is 15.1. The van der Waals surface area contributed by atoms with E-state index in [2.05, 4.69) is 24.1 Å². The van der Waals surface area contributed by atoms with Crippen LogP contribution in [0.15, 0.2) is 48.5 Å². The molecule has 5 heteroatoms. The maximum Gasteiger partial charge on any atom is 0.255 e. The lowest BCUT2D eigenvalue weighted by Crippen LogP contribution is -2.21. The second-order valence-electron chi connectivity index (χ2n) is 5.54. The zero-order chi connectivity index (χ0) is 18.1. The van der Waals surface area contributed by atoms with E-state index < -0.39 is 0 Å². The van der Waals surface area contributed by atoms with Crippen LogP contribution in [0.5, 0.6) is 5.75 Å². The molecule has 0 aliphatic heterocycles. The number of nitrogens with one attached hydrogen (secondary N) is 1. The van der Waals surface area contributed by atoms with Crippen molar-refractivity contribution in [3.63, 3.8) is 0 Å². The molecule has 0 heterocycles. The van der Waals surface area contributed by atoms with Gasteiger partial charge in [-0.3, -0.25) is 4.79 Å². The summed E-state index contributed by atoms with van der Waals surface area (Å²) in [6.07, 6.45) is 0. The number of anilines is 2. The van der Waals surface area contributed by atoms with Crippen LogP contribution in [0.2, 0.25) is 0 Å². The van der Waals surface area contributed by atoms with Crippen LogP contribution in [0, 0.1) is 0 Å². The monoisotopic (exact) mass is 342 g/mol. The first-order chi connectivity index (χ1) is 12.2. The molecule has 1 N–H and O–H groups in total. The van der Waals surface area contributed by atoms with Gasteiger partial charge in [0, 0.05) is 37.1 Å². The van der Waals surface area contributed by atoms with Crippen LogP contribution < -0.4 is 15.0 Å². The van der Waals surface area contributed by atoms with Gasteiger partial charge in [-0.2, -0.15) is 0 Å².